The number of rotatable bonds is 3. The molecular weight excluding hydrogens is 235 g/mol. The lowest BCUT2D eigenvalue weighted by Crippen LogP contribution is -2.13. The highest BCUT2D eigenvalue weighted by Crippen LogP contribution is 2.19. The van der Waals surface area contributed by atoms with Crippen molar-refractivity contribution in [1.29, 1.82) is 0 Å². The Morgan fingerprint density at radius 1 is 1.50 bits per heavy atom. The van der Waals surface area contributed by atoms with Crippen molar-refractivity contribution in [3.8, 4) is 0 Å². The van der Waals surface area contributed by atoms with E-state index < -0.39 is 5.82 Å². The molecule has 0 saturated carbocycles. The SMILES string of the molecule is CO/N=C(/C(C)=N/O)c1ccc(F)cc1Cl. The average Bonchev–Trinajstić information content (AvgIpc) is 2.26. The Balaban J connectivity index is 3.28. The molecule has 16 heavy (non-hydrogen) atoms. The van der Waals surface area contributed by atoms with E-state index in [2.05, 4.69) is 15.1 Å². The zero-order valence-electron chi connectivity index (χ0n) is 8.74. The molecule has 0 atom stereocenters. The van der Waals surface area contributed by atoms with E-state index in [1.54, 1.807) is 0 Å². The Hall–Kier alpha value is -1.62. The molecule has 0 radical (unpaired) electrons. The molecule has 0 unspecified atom stereocenters. The van der Waals surface area contributed by atoms with Crippen LogP contribution in [0.4, 0.5) is 4.39 Å². The van der Waals surface area contributed by atoms with Gasteiger partial charge in [0.05, 0.1) is 5.02 Å². The first-order valence-corrected chi connectivity index (χ1v) is 4.73. The summed E-state index contributed by atoms with van der Waals surface area (Å²) in [5.41, 5.74) is 0.894. The molecule has 1 rings (SSSR count). The van der Waals surface area contributed by atoms with Crippen molar-refractivity contribution in [2.45, 2.75) is 6.92 Å². The number of hydrogen-bond donors (Lipinski definition) is 1. The van der Waals surface area contributed by atoms with Crippen LogP contribution in [-0.2, 0) is 4.84 Å². The Morgan fingerprint density at radius 3 is 2.69 bits per heavy atom. The van der Waals surface area contributed by atoms with Crippen molar-refractivity contribution in [2.24, 2.45) is 10.3 Å². The van der Waals surface area contributed by atoms with Crippen molar-refractivity contribution in [3.63, 3.8) is 0 Å². The first-order valence-electron chi connectivity index (χ1n) is 4.35. The minimum Gasteiger partial charge on any atom is -0.411 e. The molecule has 0 spiro atoms. The third kappa shape index (κ3) is 2.70. The smallest absolute Gasteiger partial charge is 0.136 e. The van der Waals surface area contributed by atoms with Gasteiger partial charge < -0.3 is 10.0 Å². The number of hydrogen-bond acceptors (Lipinski definition) is 4. The van der Waals surface area contributed by atoms with Crippen LogP contribution in [0.1, 0.15) is 12.5 Å². The van der Waals surface area contributed by atoms with E-state index in [0.29, 0.717) is 5.56 Å². The van der Waals surface area contributed by atoms with Crippen LogP contribution in [0.15, 0.2) is 28.5 Å². The van der Waals surface area contributed by atoms with Crippen molar-refractivity contribution < 1.29 is 14.4 Å². The monoisotopic (exact) mass is 244 g/mol. The Bertz CT molecular complexity index is 446. The highest BCUT2D eigenvalue weighted by molar-refractivity contribution is 6.50. The zero-order valence-corrected chi connectivity index (χ0v) is 9.49. The number of nitrogens with zero attached hydrogens (tertiary/aromatic N) is 2. The predicted molar refractivity (Wildman–Crippen MR) is 59.9 cm³/mol. The lowest BCUT2D eigenvalue weighted by atomic mass is 10.1. The molecule has 0 bridgehead atoms. The van der Waals surface area contributed by atoms with Gasteiger partial charge in [-0.05, 0) is 25.1 Å². The Labute approximate surface area is 97.0 Å². The maximum Gasteiger partial charge on any atom is 0.136 e. The highest BCUT2D eigenvalue weighted by Gasteiger charge is 2.13. The lowest BCUT2D eigenvalue weighted by Gasteiger charge is -2.06. The van der Waals surface area contributed by atoms with Crippen molar-refractivity contribution in [1.82, 2.24) is 0 Å². The second-order valence-corrected chi connectivity index (χ2v) is 3.34. The molecule has 0 heterocycles. The summed E-state index contributed by atoms with van der Waals surface area (Å²) < 4.78 is 12.8. The van der Waals surface area contributed by atoms with Crippen LogP contribution < -0.4 is 0 Å². The molecule has 0 aliphatic rings. The summed E-state index contributed by atoms with van der Waals surface area (Å²) in [6.07, 6.45) is 0. The third-order valence-corrected chi connectivity index (χ3v) is 2.17. The van der Waals surface area contributed by atoms with Gasteiger partial charge in [0.25, 0.3) is 0 Å². The molecule has 6 heteroatoms. The van der Waals surface area contributed by atoms with Gasteiger partial charge in [0, 0.05) is 5.56 Å². The van der Waals surface area contributed by atoms with Gasteiger partial charge in [-0.25, -0.2) is 4.39 Å². The van der Waals surface area contributed by atoms with Crippen LogP contribution in [0.2, 0.25) is 5.02 Å². The molecule has 1 aromatic carbocycles. The maximum absolute atomic E-state index is 12.8. The Morgan fingerprint density at radius 2 is 2.19 bits per heavy atom. The zero-order chi connectivity index (χ0) is 12.1. The summed E-state index contributed by atoms with van der Waals surface area (Å²) in [7, 11) is 1.35. The fourth-order valence-corrected chi connectivity index (χ4v) is 1.39. The Kier molecular flexibility index (Phi) is 4.25. The molecule has 0 fully saturated rings. The van der Waals surface area contributed by atoms with Gasteiger partial charge in [0.15, 0.2) is 0 Å². The molecule has 0 saturated heterocycles. The predicted octanol–water partition coefficient (Wildman–Crippen LogP) is 2.68. The maximum atomic E-state index is 12.8. The number of benzene rings is 1. The van der Waals surface area contributed by atoms with E-state index in [-0.39, 0.29) is 16.4 Å². The fourth-order valence-electron chi connectivity index (χ4n) is 1.13. The summed E-state index contributed by atoms with van der Waals surface area (Å²) in [6.45, 7) is 1.53. The number of halogens is 2. The van der Waals surface area contributed by atoms with E-state index in [9.17, 15) is 4.39 Å². The van der Waals surface area contributed by atoms with E-state index in [1.165, 1.54) is 26.2 Å². The third-order valence-electron chi connectivity index (χ3n) is 1.86. The molecule has 0 aliphatic carbocycles. The topological polar surface area (TPSA) is 54.2 Å². The van der Waals surface area contributed by atoms with Crippen molar-refractivity contribution in [2.75, 3.05) is 7.11 Å². The van der Waals surface area contributed by atoms with Crippen LogP contribution in [0, 0.1) is 5.82 Å². The molecule has 0 aromatic heterocycles. The summed E-state index contributed by atoms with van der Waals surface area (Å²) in [6, 6.07) is 3.81. The summed E-state index contributed by atoms with van der Waals surface area (Å²) in [5.74, 6) is -0.455. The standard InChI is InChI=1S/C10H10ClFN2O2/c1-6(13-15)10(14-16-2)8-4-3-7(12)5-9(8)11/h3-5,15H,1-2H3/b13-6+,14-10-. The highest BCUT2D eigenvalue weighted by atomic mass is 35.5. The van der Waals surface area contributed by atoms with E-state index in [1.807, 2.05) is 0 Å². The van der Waals surface area contributed by atoms with Gasteiger partial charge in [-0.15, -0.1) is 0 Å². The lowest BCUT2D eigenvalue weighted by molar-refractivity contribution is 0.214. The number of oxime groups is 2. The summed E-state index contributed by atoms with van der Waals surface area (Å²) in [4.78, 5) is 4.61. The molecule has 86 valence electrons. The van der Waals surface area contributed by atoms with Gasteiger partial charge in [-0.1, -0.05) is 21.9 Å². The van der Waals surface area contributed by atoms with Crippen LogP contribution in [0.3, 0.4) is 0 Å². The van der Waals surface area contributed by atoms with Gasteiger partial charge >= 0.3 is 0 Å². The quantitative estimate of drug-likeness (QED) is 0.505. The second kappa shape index (κ2) is 5.46. The average molecular weight is 245 g/mol. The molecule has 1 N–H and O–H groups in total. The van der Waals surface area contributed by atoms with E-state index in [4.69, 9.17) is 16.8 Å². The first kappa shape index (κ1) is 12.4. The van der Waals surface area contributed by atoms with E-state index >= 15 is 0 Å². The van der Waals surface area contributed by atoms with Crippen molar-refractivity contribution >= 4 is 23.0 Å². The molecule has 4 nitrogen and oxygen atoms in total. The second-order valence-electron chi connectivity index (χ2n) is 2.93. The minimum atomic E-state index is -0.455. The minimum absolute atomic E-state index is 0.166. The van der Waals surface area contributed by atoms with Gasteiger partial charge in [0.1, 0.15) is 24.4 Å². The van der Waals surface area contributed by atoms with E-state index in [0.717, 1.165) is 6.07 Å². The molecule has 1 aromatic rings. The van der Waals surface area contributed by atoms with Crippen LogP contribution in [-0.4, -0.2) is 23.7 Å². The van der Waals surface area contributed by atoms with Crippen LogP contribution >= 0.6 is 11.6 Å². The molecule has 0 aliphatic heterocycles. The summed E-state index contributed by atoms with van der Waals surface area (Å²) in [5, 5.41) is 15.5. The molecule has 0 amide bonds. The first-order chi connectivity index (χ1) is 7.60. The van der Waals surface area contributed by atoms with Crippen molar-refractivity contribution in [3.05, 3.63) is 34.6 Å². The van der Waals surface area contributed by atoms with Crippen LogP contribution in [0.5, 0.6) is 0 Å². The van der Waals surface area contributed by atoms with Gasteiger partial charge in [0.2, 0.25) is 0 Å². The van der Waals surface area contributed by atoms with Gasteiger partial charge in [-0.2, -0.15) is 0 Å². The normalized spacial score (nSPS) is 12.8. The fraction of sp³-hybridized carbons (Fsp3) is 0.200. The molecular formula is C10H10ClFN2O2. The summed E-state index contributed by atoms with van der Waals surface area (Å²) >= 11 is 5.85. The van der Waals surface area contributed by atoms with Gasteiger partial charge in [-0.3, -0.25) is 0 Å². The largest absolute Gasteiger partial charge is 0.411 e. The van der Waals surface area contributed by atoms with Crippen LogP contribution in [0.25, 0.3) is 0 Å².